The Hall–Kier alpha value is -0.340. The van der Waals surface area contributed by atoms with Gasteiger partial charge in [0.05, 0.1) is 0 Å². The Labute approximate surface area is 101 Å². The lowest BCUT2D eigenvalue weighted by Crippen LogP contribution is -2.16. The molecule has 0 aromatic heterocycles. The largest absolute Gasteiger partial charge is 0.353 e. The Morgan fingerprint density at radius 2 is 1.44 bits per heavy atom. The molecule has 0 saturated carbocycles. The molecule has 0 rings (SSSR count). The summed E-state index contributed by atoms with van der Waals surface area (Å²) in [4.78, 5) is 0. The van der Waals surface area contributed by atoms with Gasteiger partial charge in [-0.1, -0.05) is 31.9 Å². The highest BCUT2D eigenvalue weighted by molar-refractivity contribution is 4.81. The zero-order valence-corrected chi connectivity index (χ0v) is 11.2. The van der Waals surface area contributed by atoms with Crippen molar-refractivity contribution in [3.8, 4) is 0 Å². The summed E-state index contributed by atoms with van der Waals surface area (Å²) in [5, 5.41) is 0. The Morgan fingerprint density at radius 3 is 1.94 bits per heavy atom. The van der Waals surface area contributed by atoms with Crippen molar-refractivity contribution in [1.29, 1.82) is 0 Å². The predicted molar refractivity (Wildman–Crippen MR) is 69.6 cm³/mol. The van der Waals surface area contributed by atoms with Crippen molar-refractivity contribution in [2.75, 3.05) is 13.2 Å². The smallest absolute Gasteiger partial charge is 0.157 e. The van der Waals surface area contributed by atoms with Gasteiger partial charge in [0.2, 0.25) is 0 Å². The van der Waals surface area contributed by atoms with E-state index in [0.717, 1.165) is 32.5 Å². The molecule has 0 atom stereocenters. The van der Waals surface area contributed by atoms with Crippen LogP contribution in [0.1, 0.15) is 59.3 Å². The lowest BCUT2D eigenvalue weighted by molar-refractivity contribution is -0.139. The van der Waals surface area contributed by atoms with Crippen LogP contribution in [-0.2, 0) is 9.47 Å². The van der Waals surface area contributed by atoms with Gasteiger partial charge in [-0.2, -0.15) is 0 Å². The van der Waals surface area contributed by atoms with Crippen molar-refractivity contribution in [2.45, 2.75) is 65.6 Å². The van der Waals surface area contributed by atoms with Crippen molar-refractivity contribution in [3.05, 3.63) is 12.2 Å². The molecule has 0 aliphatic heterocycles. The molecule has 0 N–H and O–H groups in total. The van der Waals surface area contributed by atoms with Gasteiger partial charge in [-0.05, 0) is 39.5 Å². The van der Waals surface area contributed by atoms with Gasteiger partial charge in [-0.15, -0.1) is 0 Å². The maximum atomic E-state index is 5.48. The van der Waals surface area contributed by atoms with Crippen LogP contribution in [0.2, 0.25) is 0 Å². The van der Waals surface area contributed by atoms with Crippen molar-refractivity contribution >= 4 is 0 Å². The van der Waals surface area contributed by atoms with E-state index in [9.17, 15) is 0 Å². The lowest BCUT2D eigenvalue weighted by atomic mass is 10.2. The molecule has 2 nitrogen and oxygen atoms in total. The second kappa shape index (κ2) is 12.7. The molecular weight excluding hydrogens is 200 g/mol. The number of unbranched alkanes of at least 4 members (excludes halogenated alkanes) is 3. The Balaban J connectivity index is 3.42. The third-order valence-corrected chi connectivity index (χ3v) is 2.41. The molecule has 0 fully saturated rings. The minimum Gasteiger partial charge on any atom is -0.353 e. The molecule has 2 heteroatoms. The summed E-state index contributed by atoms with van der Waals surface area (Å²) >= 11 is 0. The first kappa shape index (κ1) is 15.7. The molecular formula is C14H28O2. The van der Waals surface area contributed by atoms with Gasteiger partial charge < -0.3 is 9.47 Å². The first-order valence-electron chi connectivity index (χ1n) is 6.73. The van der Waals surface area contributed by atoms with Crippen molar-refractivity contribution in [2.24, 2.45) is 0 Å². The van der Waals surface area contributed by atoms with Crippen LogP contribution in [0.15, 0.2) is 12.2 Å². The summed E-state index contributed by atoms with van der Waals surface area (Å²) in [5.41, 5.74) is 0. The summed E-state index contributed by atoms with van der Waals surface area (Å²) in [6, 6.07) is 0. The molecule has 16 heavy (non-hydrogen) atoms. The molecule has 0 heterocycles. The van der Waals surface area contributed by atoms with E-state index in [2.05, 4.69) is 19.1 Å². The Kier molecular flexibility index (Phi) is 12.5. The molecule has 0 aromatic rings. The maximum Gasteiger partial charge on any atom is 0.157 e. The molecule has 0 spiro atoms. The highest BCUT2D eigenvalue weighted by Gasteiger charge is 2.05. The minimum absolute atomic E-state index is 0.000887. The fraction of sp³-hybridized carbons (Fsp3) is 0.857. The molecule has 0 bridgehead atoms. The highest BCUT2D eigenvalue weighted by atomic mass is 16.7. The average Bonchev–Trinajstić information content (AvgIpc) is 2.28. The first-order valence-corrected chi connectivity index (χ1v) is 6.73. The van der Waals surface area contributed by atoms with Crippen LogP contribution < -0.4 is 0 Å². The molecule has 0 unspecified atom stereocenters. The van der Waals surface area contributed by atoms with Crippen LogP contribution in [-0.4, -0.2) is 19.5 Å². The van der Waals surface area contributed by atoms with E-state index >= 15 is 0 Å². The van der Waals surface area contributed by atoms with Crippen LogP contribution in [0.5, 0.6) is 0 Å². The molecule has 0 aromatic carbocycles. The van der Waals surface area contributed by atoms with Crippen LogP contribution in [0, 0.1) is 0 Å². The van der Waals surface area contributed by atoms with E-state index in [1.165, 1.54) is 19.3 Å². The van der Waals surface area contributed by atoms with Gasteiger partial charge in [-0.25, -0.2) is 0 Å². The van der Waals surface area contributed by atoms with E-state index in [1.54, 1.807) is 0 Å². The second-order valence-corrected chi connectivity index (χ2v) is 3.88. The normalized spacial score (nSPS) is 11.8. The third kappa shape index (κ3) is 10.2. The molecule has 0 aliphatic carbocycles. The zero-order chi connectivity index (χ0) is 12.1. The summed E-state index contributed by atoms with van der Waals surface area (Å²) in [6.45, 7) is 7.71. The van der Waals surface area contributed by atoms with Gasteiger partial charge in [0.1, 0.15) is 0 Å². The van der Waals surface area contributed by atoms with E-state index in [1.807, 2.05) is 13.8 Å². The first-order chi connectivity index (χ1) is 7.85. The van der Waals surface area contributed by atoms with E-state index in [-0.39, 0.29) is 6.29 Å². The van der Waals surface area contributed by atoms with E-state index in [0.29, 0.717) is 0 Å². The SMILES string of the molecule is CCCC/C=C/CCCC(OCC)OCC. The summed E-state index contributed by atoms with van der Waals surface area (Å²) < 4.78 is 11.0. The topological polar surface area (TPSA) is 18.5 Å². The van der Waals surface area contributed by atoms with Crippen molar-refractivity contribution < 1.29 is 9.47 Å². The van der Waals surface area contributed by atoms with Crippen LogP contribution in [0.3, 0.4) is 0 Å². The molecule has 0 amide bonds. The number of allylic oxidation sites excluding steroid dienone is 2. The average molecular weight is 228 g/mol. The Morgan fingerprint density at radius 1 is 0.875 bits per heavy atom. The molecule has 0 radical (unpaired) electrons. The number of rotatable bonds is 11. The fourth-order valence-corrected chi connectivity index (χ4v) is 1.55. The summed E-state index contributed by atoms with van der Waals surface area (Å²) in [5.74, 6) is 0. The van der Waals surface area contributed by atoms with Crippen molar-refractivity contribution in [1.82, 2.24) is 0 Å². The standard InChI is InChI=1S/C14H28O2/c1-4-7-8-9-10-11-12-13-14(15-5-2)16-6-3/h9-10,14H,4-8,11-13H2,1-3H3/b10-9+. The van der Waals surface area contributed by atoms with Gasteiger partial charge in [-0.3, -0.25) is 0 Å². The number of hydrogen-bond acceptors (Lipinski definition) is 2. The van der Waals surface area contributed by atoms with Gasteiger partial charge in [0.25, 0.3) is 0 Å². The lowest BCUT2D eigenvalue weighted by Gasteiger charge is -2.15. The predicted octanol–water partition coefficient (Wildman–Crippen LogP) is 4.30. The van der Waals surface area contributed by atoms with Gasteiger partial charge >= 0.3 is 0 Å². The van der Waals surface area contributed by atoms with Gasteiger partial charge in [0.15, 0.2) is 6.29 Å². The quantitative estimate of drug-likeness (QED) is 0.298. The highest BCUT2D eigenvalue weighted by Crippen LogP contribution is 2.07. The summed E-state index contributed by atoms with van der Waals surface area (Å²) in [7, 11) is 0. The fourth-order valence-electron chi connectivity index (χ4n) is 1.55. The summed E-state index contributed by atoms with van der Waals surface area (Å²) in [6.07, 6.45) is 11.7. The Bertz CT molecular complexity index is 149. The minimum atomic E-state index is -0.000887. The third-order valence-electron chi connectivity index (χ3n) is 2.41. The molecule has 96 valence electrons. The van der Waals surface area contributed by atoms with E-state index in [4.69, 9.17) is 9.47 Å². The second-order valence-electron chi connectivity index (χ2n) is 3.88. The number of ether oxygens (including phenoxy) is 2. The van der Waals surface area contributed by atoms with Gasteiger partial charge in [0, 0.05) is 13.2 Å². The van der Waals surface area contributed by atoms with Crippen LogP contribution >= 0.6 is 0 Å². The zero-order valence-electron chi connectivity index (χ0n) is 11.2. The molecule has 0 aliphatic rings. The van der Waals surface area contributed by atoms with Crippen LogP contribution in [0.4, 0.5) is 0 Å². The van der Waals surface area contributed by atoms with E-state index < -0.39 is 0 Å². The molecule has 0 saturated heterocycles. The van der Waals surface area contributed by atoms with Crippen molar-refractivity contribution in [3.63, 3.8) is 0 Å². The van der Waals surface area contributed by atoms with Crippen LogP contribution in [0.25, 0.3) is 0 Å². The number of hydrogen-bond donors (Lipinski definition) is 0. The monoisotopic (exact) mass is 228 g/mol. The maximum absolute atomic E-state index is 5.48.